The van der Waals surface area contributed by atoms with E-state index in [2.05, 4.69) is 5.10 Å². The standard InChI is InChI=1S/C16H23N3O5/c1-9-14(10(2)18(3)17-9)11-8-23-7-6-19(11)15(20)12-4-5-13(24-12)16(21)22/h11-13H,4-8H2,1-3H3,(H,21,22)/t11?,12-,13+/m0/s1. The predicted molar refractivity (Wildman–Crippen MR) is 83.5 cm³/mol. The van der Waals surface area contributed by atoms with Gasteiger partial charge in [-0.2, -0.15) is 5.10 Å². The normalized spacial score (nSPS) is 27.5. The van der Waals surface area contributed by atoms with Crippen molar-refractivity contribution in [3.63, 3.8) is 0 Å². The Kier molecular flexibility index (Phi) is 4.60. The number of amides is 1. The lowest BCUT2D eigenvalue weighted by Gasteiger charge is -2.37. The number of carboxylic acids is 1. The third-order valence-electron chi connectivity index (χ3n) is 4.88. The molecule has 8 heteroatoms. The first-order chi connectivity index (χ1) is 11.4. The molecule has 3 rings (SSSR count). The van der Waals surface area contributed by atoms with E-state index in [1.54, 1.807) is 9.58 Å². The summed E-state index contributed by atoms with van der Waals surface area (Å²) >= 11 is 0. The number of hydrogen-bond acceptors (Lipinski definition) is 5. The van der Waals surface area contributed by atoms with Gasteiger partial charge in [-0.25, -0.2) is 4.79 Å². The van der Waals surface area contributed by atoms with Crippen molar-refractivity contribution in [3.05, 3.63) is 17.0 Å². The molecule has 1 unspecified atom stereocenters. The molecule has 8 nitrogen and oxygen atoms in total. The van der Waals surface area contributed by atoms with E-state index in [1.165, 1.54) is 0 Å². The third-order valence-corrected chi connectivity index (χ3v) is 4.88. The zero-order valence-electron chi connectivity index (χ0n) is 14.2. The maximum atomic E-state index is 12.9. The zero-order chi connectivity index (χ0) is 17.4. The topological polar surface area (TPSA) is 93.9 Å². The van der Waals surface area contributed by atoms with E-state index < -0.39 is 18.2 Å². The summed E-state index contributed by atoms with van der Waals surface area (Å²) in [7, 11) is 1.87. The number of carboxylic acid groups (broad SMARTS) is 1. The van der Waals surface area contributed by atoms with Gasteiger partial charge in [0.05, 0.1) is 24.9 Å². The van der Waals surface area contributed by atoms with Crippen LogP contribution >= 0.6 is 0 Å². The molecule has 1 amide bonds. The molecule has 2 fully saturated rings. The van der Waals surface area contributed by atoms with Gasteiger partial charge in [0.2, 0.25) is 0 Å². The first kappa shape index (κ1) is 16.9. The van der Waals surface area contributed by atoms with E-state index in [9.17, 15) is 9.59 Å². The van der Waals surface area contributed by atoms with Crippen LogP contribution in [0.5, 0.6) is 0 Å². The number of carbonyl (C=O) groups is 2. The fourth-order valence-corrected chi connectivity index (χ4v) is 3.56. The molecule has 1 N–H and O–H groups in total. The number of morpholine rings is 1. The number of carbonyl (C=O) groups excluding carboxylic acids is 1. The van der Waals surface area contributed by atoms with Gasteiger partial charge in [0, 0.05) is 24.8 Å². The molecule has 0 spiro atoms. The quantitative estimate of drug-likeness (QED) is 0.867. The van der Waals surface area contributed by atoms with Gasteiger partial charge in [0.1, 0.15) is 6.10 Å². The van der Waals surface area contributed by atoms with Gasteiger partial charge in [-0.05, 0) is 26.7 Å². The first-order valence-electron chi connectivity index (χ1n) is 8.16. The van der Waals surface area contributed by atoms with E-state index in [0.717, 1.165) is 17.0 Å². The number of ether oxygens (including phenoxy) is 2. The summed E-state index contributed by atoms with van der Waals surface area (Å²) in [6.45, 7) is 5.24. The SMILES string of the molecule is Cc1nn(C)c(C)c1C1COCCN1C(=O)[C@@H]1CC[C@H](C(=O)O)O1. The van der Waals surface area contributed by atoms with Crippen LogP contribution in [-0.4, -0.2) is 63.6 Å². The van der Waals surface area contributed by atoms with Crippen LogP contribution < -0.4 is 0 Å². The highest BCUT2D eigenvalue weighted by Crippen LogP contribution is 2.31. The molecule has 0 saturated carbocycles. The minimum absolute atomic E-state index is 0.158. The molecular weight excluding hydrogens is 314 g/mol. The summed E-state index contributed by atoms with van der Waals surface area (Å²) in [5, 5.41) is 13.5. The van der Waals surface area contributed by atoms with Crippen LogP contribution in [0.3, 0.4) is 0 Å². The summed E-state index contributed by atoms with van der Waals surface area (Å²) in [5.74, 6) is -1.17. The fraction of sp³-hybridized carbons (Fsp3) is 0.688. The number of aryl methyl sites for hydroxylation is 2. The Bertz CT molecular complexity index is 656. The van der Waals surface area contributed by atoms with E-state index >= 15 is 0 Å². The molecule has 0 aliphatic carbocycles. The molecule has 0 bridgehead atoms. The molecule has 2 saturated heterocycles. The van der Waals surface area contributed by atoms with Crippen LogP contribution in [0.25, 0.3) is 0 Å². The third kappa shape index (κ3) is 2.91. The Morgan fingerprint density at radius 3 is 2.54 bits per heavy atom. The monoisotopic (exact) mass is 337 g/mol. The van der Waals surface area contributed by atoms with Crippen molar-refractivity contribution < 1.29 is 24.2 Å². The van der Waals surface area contributed by atoms with Crippen LogP contribution in [0.15, 0.2) is 0 Å². The number of aromatic nitrogens is 2. The largest absolute Gasteiger partial charge is 0.479 e. The smallest absolute Gasteiger partial charge is 0.332 e. The fourth-order valence-electron chi connectivity index (χ4n) is 3.56. The second-order valence-electron chi connectivity index (χ2n) is 6.36. The second kappa shape index (κ2) is 6.52. The van der Waals surface area contributed by atoms with Crippen molar-refractivity contribution in [1.82, 2.24) is 14.7 Å². The minimum atomic E-state index is -1.01. The van der Waals surface area contributed by atoms with E-state index in [-0.39, 0.29) is 11.9 Å². The Labute approximate surface area is 140 Å². The lowest BCUT2D eigenvalue weighted by molar-refractivity contribution is -0.159. The highest BCUT2D eigenvalue weighted by Gasteiger charge is 2.40. The molecule has 24 heavy (non-hydrogen) atoms. The minimum Gasteiger partial charge on any atom is -0.479 e. The Morgan fingerprint density at radius 1 is 1.25 bits per heavy atom. The first-order valence-corrected chi connectivity index (χ1v) is 8.16. The Balaban J connectivity index is 1.82. The van der Waals surface area contributed by atoms with Gasteiger partial charge in [-0.3, -0.25) is 9.48 Å². The zero-order valence-corrected chi connectivity index (χ0v) is 14.2. The average Bonchev–Trinajstić information content (AvgIpc) is 3.13. The number of rotatable bonds is 3. The highest BCUT2D eigenvalue weighted by molar-refractivity contribution is 5.83. The van der Waals surface area contributed by atoms with Crippen molar-refractivity contribution in [1.29, 1.82) is 0 Å². The maximum absolute atomic E-state index is 12.9. The molecule has 1 aromatic rings. The van der Waals surface area contributed by atoms with Crippen LogP contribution in [0.1, 0.15) is 35.8 Å². The summed E-state index contributed by atoms with van der Waals surface area (Å²) < 4.78 is 12.8. The summed E-state index contributed by atoms with van der Waals surface area (Å²) in [4.78, 5) is 25.7. The molecule has 0 radical (unpaired) electrons. The van der Waals surface area contributed by atoms with E-state index in [1.807, 2.05) is 20.9 Å². The average molecular weight is 337 g/mol. The molecule has 2 aliphatic rings. The predicted octanol–water partition coefficient (Wildman–Crippen LogP) is 0.569. The second-order valence-corrected chi connectivity index (χ2v) is 6.36. The van der Waals surface area contributed by atoms with Crippen molar-refractivity contribution in [2.24, 2.45) is 7.05 Å². The van der Waals surface area contributed by atoms with Gasteiger partial charge in [0.25, 0.3) is 5.91 Å². The van der Waals surface area contributed by atoms with Crippen LogP contribution in [0, 0.1) is 13.8 Å². The van der Waals surface area contributed by atoms with Crippen molar-refractivity contribution in [3.8, 4) is 0 Å². The number of aliphatic carboxylic acids is 1. The van der Waals surface area contributed by atoms with Gasteiger partial charge in [-0.15, -0.1) is 0 Å². The summed E-state index contributed by atoms with van der Waals surface area (Å²) in [5.41, 5.74) is 2.87. The Morgan fingerprint density at radius 2 is 1.96 bits per heavy atom. The number of nitrogens with zero attached hydrogens (tertiary/aromatic N) is 3. The lowest BCUT2D eigenvalue weighted by Crippen LogP contribution is -2.48. The van der Waals surface area contributed by atoms with Gasteiger partial charge >= 0.3 is 5.97 Å². The molecule has 3 heterocycles. The summed E-state index contributed by atoms with van der Waals surface area (Å²) in [6, 6.07) is -0.215. The Hall–Kier alpha value is -1.93. The van der Waals surface area contributed by atoms with Gasteiger partial charge in [0.15, 0.2) is 6.10 Å². The van der Waals surface area contributed by atoms with Crippen LogP contribution in [-0.2, 0) is 26.1 Å². The highest BCUT2D eigenvalue weighted by atomic mass is 16.5. The molecule has 1 aromatic heterocycles. The van der Waals surface area contributed by atoms with Crippen molar-refractivity contribution in [2.45, 2.75) is 44.9 Å². The van der Waals surface area contributed by atoms with Crippen molar-refractivity contribution in [2.75, 3.05) is 19.8 Å². The van der Waals surface area contributed by atoms with Gasteiger partial charge < -0.3 is 19.5 Å². The van der Waals surface area contributed by atoms with Gasteiger partial charge in [-0.1, -0.05) is 0 Å². The molecule has 0 aromatic carbocycles. The van der Waals surface area contributed by atoms with Crippen LogP contribution in [0.2, 0.25) is 0 Å². The van der Waals surface area contributed by atoms with E-state index in [4.69, 9.17) is 14.6 Å². The van der Waals surface area contributed by atoms with E-state index in [0.29, 0.717) is 32.6 Å². The lowest BCUT2D eigenvalue weighted by atomic mass is 10.0. The maximum Gasteiger partial charge on any atom is 0.332 e. The molecule has 2 aliphatic heterocycles. The number of hydrogen-bond donors (Lipinski definition) is 1. The van der Waals surface area contributed by atoms with Crippen LogP contribution in [0.4, 0.5) is 0 Å². The molecular formula is C16H23N3O5. The molecule has 3 atom stereocenters. The molecule has 132 valence electrons. The van der Waals surface area contributed by atoms with Crippen molar-refractivity contribution >= 4 is 11.9 Å². The summed E-state index contributed by atoms with van der Waals surface area (Å²) in [6.07, 6.45) is -0.777.